The van der Waals surface area contributed by atoms with Gasteiger partial charge in [-0.2, -0.15) is 0 Å². The molecule has 4 aliphatic carbocycles. The van der Waals surface area contributed by atoms with E-state index in [0.717, 1.165) is 31.4 Å². The summed E-state index contributed by atoms with van der Waals surface area (Å²) in [6.07, 6.45) is 7.11. The number of hydrogen-bond acceptors (Lipinski definition) is 3. The minimum Gasteiger partial charge on any atom is -0.278 e. The van der Waals surface area contributed by atoms with E-state index in [9.17, 15) is 22.0 Å². The Hall–Kier alpha value is -1.54. The molecule has 1 aromatic carbocycles. The summed E-state index contributed by atoms with van der Waals surface area (Å²) in [5, 5.41) is 0. The van der Waals surface area contributed by atoms with E-state index in [0.29, 0.717) is 23.8 Å². The molecule has 1 aromatic rings. The minimum atomic E-state index is -4.37. The highest BCUT2D eigenvalue weighted by Gasteiger charge is 2.51. The van der Waals surface area contributed by atoms with Crippen LogP contribution in [-0.2, 0) is 14.8 Å². The zero-order valence-electron chi connectivity index (χ0n) is 14.3. The largest absolute Gasteiger partial charge is 0.278 e. The van der Waals surface area contributed by atoms with Crippen LogP contribution in [0, 0.1) is 34.8 Å². The Morgan fingerprint density at radius 1 is 1.08 bits per heavy atom. The second-order valence-electron chi connectivity index (χ2n) is 8.32. The molecule has 0 unspecified atom stereocenters. The maximum atomic E-state index is 13.7. The number of sulfonamides is 1. The van der Waals surface area contributed by atoms with Crippen molar-refractivity contribution in [2.24, 2.45) is 23.2 Å². The molecule has 0 saturated heterocycles. The van der Waals surface area contributed by atoms with Crippen molar-refractivity contribution in [3.8, 4) is 0 Å². The van der Waals surface area contributed by atoms with Gasteiger partial charge in [0, 0.05) is 6.42 Å². The van der Waals surface area contributed by atoms with Crippen LogP contribution in [0.3, 0.4) is 0 Å². The van der Waals surface area contributed by atoms with Crippen LogP contribution in [0.2, 0.25) is 0 Å². The molecule has 1 amide bonds. The number of hydrazine groups is 1. The Labute approximate surface area is 151 Å². The Balaban J connectivity index is 1.40. The summed E-state index contributed by atoms with van der Waals surface area (Å²) in [5.41, 5.74) is 2.14. The van der Waals surface area contributed by atoms with Crippen molar-refractivity contribution in [1.82, 2.24) is 10.3 Å². The number of rotatable bonds is 5. The van der Waals surface area contributed by atoms with Crippen LogP contribution in [0.5, 0.6) is 0 Å². The first-order chi connectivity index (χ1) is 12.2. The number of carbonyl (C=O) groups excluding carboxylic acids is 1. The zero-order valence-corrected chi connectivity index (χ0v) is 15.1. The summed E-state index contributed by atoms with van der Waals surface area (Å²) in [4.78, 5) is 13.4. The molecule has 4 bridgehead atoms. The highest BCUT2D eigenvalue weighted by Crippen LogP contribution is 2.61. The Morgan fingerprint density at radius 2 is 1.65 bits per heavy atom. The second kappa shape index (κ2) is 6.27. The molecule has 4 saturated carbocycles. The third kappa shape index (κ3) is 3.36. The number of benzene rings is 1. The average molecular weight is 384 g/mol. The lowest BCUT2D eigenvalue weighted by Gasteiger charge is -2.56. The molecule has 5 rings (SSSR count). The normalized spacial score (nSPS) is 32.6. The lowest BCUT2D eigenvalue weighted by atomic mass is 9.49. The van der Waals surface area contributed by atoms with Crippen molar-refractivity contribution >= 4 is 15.9 Å². The standard InChI is InChI=1S/C18H22F2N2O3S/c19-14-1-2-15(20)16(6-14)26(24,25)22-21-17(23)10-18-7-11-3-12(8-18)5-13(4-11)9-18/h1-2,6,11-13,22H,3-5,7-10H2,(H,21,23). The summed E-state index contributed by atoms with van der Waals surface area (Å²) in [7, 11) is -4.37. The van der Waals surface area contributed by atoms with Gasteiger partial charge in [-0.1, -0.05) is 0 Å². The van der Waals surface area contributed by atoms with Crippen LogP contribution in [0.15, 0.2) is 23.1 Å². The van der Waals surface area contributed by atoms with E-state index in [-0.39, 0.29) is 11.8 Å². The van der Waals surface area contributed by atoms with Crippen molar-refractivity contribution in [2.45, 2.75) is 49.8 Å². The molecule has 5 nitrogen and oxygen atoms in total. The number of amides is 1. The molecule has 8 heteroatoms. The molecule has 4 aliphatic rings. The highest BCUT2D eigenvalue weighted by atomic mass is 32.2. The smallest absolute Gasteiger partial charge is 0.260 e. The summed E-state index contributed by atoms with van der Waals surface area (Å²) >= 11 is 0. The summed E-state index contributed by atoms with van der Waals surface area (Å²) in [5.74, 6) is -0.306. The lowest BCUT2D eigenvalue weighted by molar-refractivity contribution is -0.129. The number of hydrogen-bond donors (Lipinski definition) is 2. The first-order valence-corrected chi connectivity index (χ1v) is 10.5. The molecule has 2 N–H and O–H groups in total. The maximum absolute atomic E-state index is 13.7. The molecule has 0 atom stereocenters. The van der Waals surface area contributed by atoms with Crippen LogP contribution in [-0.4, -0.2) is 14.3 Å². The van der Waals surface area contributed by atoms with Crippen molar-refractivity contribution in [3.05, 3.63) is 29.8 Å². The van der Waals surface area contributed by atoms with Gasteiger partial charge in [0.05, 0.1) is 0 Å². The molecular formula is C18H22F2N2O3S. The minimum absolute atomic E-state index is 0.0334. The Morgan fingerprint density at radius 3 is 2.23 bits per heavy atom. The predicted molar refractivity (Wildman–Crippen MR) is 90.0 cm³/mol. The molecule has 4 fully saturated rings. The molecule has 0 spiro atoms. The molecule has 0 heterocycles. The lowest BCUT2D eigenvalue weighted by Crippen LogP contribution is -2.50. The van der Waals surface area contributed by atoms with Gasteiger partial charge in [0.2, 0.25) is 5.91 Å². The van der Waals surface area contributed by atoms with E-state index in [2.05, 4.69) is 5.43 Å². The van der Waals surface area contributed by atoms with Crippen LogP contribution in [0.1, 0.15) is 44.9 Å². The van der Waals surface area contributed by atoms with Gasteiger partial charge in [-0.25, -0.2) is 17.2 Å². The van der Waals surface area contributed by atoms with E-state index >= 15 is 0 Å². The molecule has 0 aromatic heterocycles. The molecule has 26 heavy (non-hydrogen) atoms. The van der Waals surface area contributed by atoms with Crippen molar-refractivity contribution < 1.29 is 22.0 Å². The van der Waals surface area contributed by atoms with E-state index < -0.39 is 32.5 Å². The monoisotopic (exact) mass is 384 g/mol. The van der Waals surface area contributed by atoms with Gasteiger partial charge in [0.1, 0.15) is 16.5 Å². The summed E-state index contributed by atoms with van der Waals surface area (Å²) in [6.45, 7) is 0. The third-order valence-electron chi connectivity index (χ3n) is 6.21. The second-order valence-corrected chi connectivity index (χ2v) is 9.97. The van der Waals surface area contributed by atoms with Crippen LogP contribution >= 0.6 is 0 Å². The van der Waals surface area contributed by atoms with Crippen molar-refractivity contribution in [1.29, 1.82) is 0 Å². The summed E-state index contributed by atoms with van der Waals surface area (Å²) < 4.78 is 51.2. The molecular weight excluding hydrogens is 362 g/mol. The van der Waals surface area contributed by atoms with Gasteiger partial charge < -0.3 is 0 Å². The van der Waals surface area contributed by atoms with Crippen LogP contribution < -0.4 is 10.3 Å². The van der Waals surface area contributed by atoms with Gasteiger partial charge in [0.15, 0.2) is 0 Å². The third-order valence-corrected chi connectivity index (χ3v) is 7.47. The quantitative estimate of drug-likeness (QED) is 0.767. The zero-order chi connectivity index (χ0) is 18.5. The Bertz CT molecular complexity index is 806. The number of nitrogens with one attached hydrogen (secondary N) is 2. The van der Waals surface area contributed by atoms with E-state index in [1.807, 2.05) is 4.83 Å². The van der Waals surface area contributed by atoms with E-state index in [4.69, 9.17) is 0 Å². The fourth-order valence-corrected chi connectivity index (χ4v) is 6.70. The average Bonchev–Trinajstić information content (AvgIpc) is 2.53. The highest BCUT2D eigenvalue weighted by molar-refractivity contribution is 7.89. The van der Waals surface area contributed by atoms with Crippen LogP contribution in [0.4, 0.5) is 8.78 Å². The fraction of sp³-hybridized carbons (Fsp3) is 0.611. The fourth-order valence-electron chi connectivity index (χ4n) is 5.75. The number of halogens is 2. The predicted octanol–water partition coefficient (Wildman–Crippen LogP) is 2.88. The first kappa shape index (κ1) is 17.9. The van der Waals surface area contributed by atoms with E-state index in [1.54, 1.807) is 0 Å². The molecule has 0 radical (unpaired) electrons. The first-order valence-electron chi connectivity index (χ1n) is 9.00. The Kier molecular flexibility index (Phi) is 4.30. The van der Waals surface area contributed by atoms with Gasteiger partial charge in [-0.15, -0.1) is 4.83 Å². The van der Waals surface area contributed by atoms with Crippen molar-refractivity contribution in [3.63, 3.8) is 0 Å². The van der Waals surface area contributed by atoms with Crippen LogP contribution in [0.25, 0.3) is 0 Å². The van der Waals surface area contributed by atoms with E-state index in [1.165, 1.54) is 19.3 Å². The summed E-state index contributed by atoms with van der Waals surface area (Å²) in [6, 6.07) is 2.16. The van der Waals surface area contributed by atoms with Gasteiger partial charge in [-0.05, 0) is 79.9 Å². The van der Waals surface area contributed by atoms with Gasteiger partial charge in [-0.3, -0.25) is 10.2 Å². The van der Waals surface area contributed by atoms with Crippen molar-refractivity contribution in [2.75, 3.05) is 0 Å². The maximum Gasteiger partial charge on any atom is 0.260 e. The molecule has 142 valence electrons. The van der Waals surface area contributed by atoms with Gasteiger partial charge >= 0.3 is 0 Å². The SMILES string of the molecule is O=C(CC12CC3CC(CC(C3)C1)C2)NNS(=O)(=O)c1cc(F)ccc1F. The topological polar surface area (TPSA) is 75.3 Å². The van der Waals surface area contributed by atoms with Gasteiger partial charge in [0.25, 0.3) is 10.0 Å². The number of carbonyl (C=O) groups is 1. The molecule has 0 aliphatic heterocycles.